The molecule has 2 rings (SSSR count). The van der Waals surface area contributed by atoms with Crippen LogP contribution in [0.15, 0.2) is 30.0 Å². The molecule has 1 aliphatic rings. The van der Waals surface area contributed by atoms with Gasteiger partial charge in [0.2, 0.25) is 0 Å². The van der Waals surface area contributed by atoms with Crippen LogP contribution in [-0.4, -0.2) is 24.6 Å². The molecule has 1 aromatic carbocycles. The molecule has 0 unspecified atom stereocenters. The lowest BCUT2D eigenvalue weighted by Gasteiger charge is -2.07. The van der Waals surface area contributed by atoms with E-state index in [9.17, 15) is 4.79 Å². The molecule has 0 bridgehead atoms. The van der Waals surface area contributed by atoms with Gasteiger partial charge < -0.3 is 14.6 Å². The van der Waals surface area contributed by atoms with Gasteiger partial charge in [0.25, 0.3) is 0 Å². The minimum atomic E-state index is -0.197. The monoisotopic (exact) mass is 220 g/mol. The van der Waals surface area contributed by atoms with Gasteiger partial charge in [0.15, 0.2) is 5.78 Å². The minimum absolute atomic E-state index is 0.197. The SMILES string of the molecule is COc1ccc2c(c1)OCCC(=CO)C2=O. The van der Waals surface area contributed by atoms with Gasteiger partial charge in [0.1, 0.15) is 11.5 Å². The van der Waals surface area contributed by atoms with E-state index in [1.165, 1.54) is 0 Å². The van der Waals surface area contributed by atoms with Crippen LogP contribution in [0.5, 0.6) is 11.5 Å². The second-order valence-electron chi connectivity index (χ2n) is 3.44. The molecule has 0 aliphatic carbocycles. The molecular formula is C12H12O4. The third kappa shape index (κ3) is 1.74. The van der Waals surface area contributed by atoms with Crippen molar-refractivity contribution in [1.29, 1.82) is 0 Å². The van der Waals surface area contributed by atoms with E-state index < -0.39 is 0 Å². The number of carbonyl (C=O) groups excluding carboxylic acids is 1. The number of aliphatic hydroxyl groups excluding tert-OH is 1. The van der Waals surface area contributed by atoms with Crippen molar-refractivity contribution in [2.45, 2.75) is 6.42 Å². The molecule has 16 heavy (non-hydrogen) atoms. The average molecular weight is 220 g/mol. The molecule has 0 amide bonds. The van der Waals surface area contributed by atoms with E-state index in [2.05, 4.69) is 0 Å². The van der Waals surface area contributed by atoms with Crippen molar-refractivity contribution in [2.24, 2.45) is 0 Å². The number of ketones is 1. The maximum atomic E-state index is 11.9. The molecule has 1 aromatic rings. The Morgan fingerprint density at radius 3 is 3.00 bits per heavy atom. The van der Waals surface area contributed by atoms with E-state index in [1.807, 2.05) is 0 Å². The lowest BCUT2D eigenvalue weighted by Crippen LogP contribution is -2.02. The lowest BCUT2D eigenvalue weighted by atomic mass is 10.0. The number of aliphatic hydroxyl groups is 1. The van der Waals surface area contributed by atoms with E-state index >= 15 is 0 Å². The number of ether oxygens (including phenoxy) is 2. The first-order chi connectivity index (χ1) is 7.76. The Bertz CT molecular complexity index is 448. The highest BCUT2D eigenvalue weighted by molar-refractivity contribution is 6.10. The lowest BCUT2D eigenvalue weighted by molar-refractivity contribution is 0.103. The van der Waals surface area contributed by atoms with Crippen molar-refractivity contribution in [3.63, 3.8) is 0 Å². The second kappa shape index (κ2) is 4.26. The third-order valence-electron chi connectivity index (χ3n) is 2.51. The standard InChI is InChI=1S/C12H12O4/c1-15-9-2-3-10-11(6-9)16-5-4-8(7-13)12(10)14/h2-3,6-7,13H,4-5H2,1H3. The van der Waals surface area contributed by atoms with Gasteiger partial charge in [-0.1, -0.05) is 0 Å². The molecule has 0 aromatic heterocycles. The van der Waals surface area contributed by atoms with Gasteiger partial charge in [0, 0.05) is 18.1 Å². The van der Waals surface area contributed by atoms with Crippen molar-refractivity contribution >= 4 is 5.78 Å². The van der Waals surface area contributed by atoms with Crippen molar-refractivity contribution < 1.29 is 19.4 Å². The quantitative estimate of drug-likeness (QED) is 0.581. The van der Waals surface area contributed by atoms with Crippen LogP contribution in [0.25, 0.3) is 0 Å². The van der Waals surface area contributed by atoms with Crippen LogP contribution < -0.4 is 9.47 Å². The summed E-state index contributed by atoms with van der Waals surface area (Å²) in [5.41, 5.74) is 0.822. The van der Waals surface area contributed by atoms with Gasteiger partial charge in [-0.2, -0.15) is 0 Å². The number of fused-ring (bicyclic) bond motifs is 1. The zero-order valence-electron chi connectivity index (χ0n) is 8.90. The summed E-state index contributed by atoms with van der Waals surface area (Å²) in [6.07, 6.45) is 1.26. The number of hydrogen-bond acceptors (Lipinski definition) is 4. The van der Waals surface area contributed by atoms with Gasteiger partial charge in [0.05, 0.1) is 25.5 Å². The smallest absolute Gasteiger partial charge is 0.195 e. The van der Waals surface area contributed by atoms with Crippen LogP contribution in [0.3, 0.4) is 0 Å². The fourth-order valence-electron chi connectivity index (χ4n) is 1.62. The number of hydrogen-bond donors (Lipinski definition) is 1. The van der Waals surface area contributed by atoms with Gasteiger partial charge in [-0.15, -0.1) is 0 Å². The second-order valence-corrected chi connectivity index (χ2v) is 3.44. The summed E-state index contributed by atoms with van der Waals surface area (Å²) in [4.78, 5) is 11.9. The van der Waals surface area contributed by atoms with Crippen LogP contribution >= 0.6 is 0 Å². The van der Waals surface area contributed by atoms with Gasteiger partial charge >= 0.3 is 0 Å². The van der Waals surface area contributed by atoms with Crippen molar-refractivity contribution in [3.8, 4) is 11.5 Å². The fraction of sp³-hybridized carbons (Fsp3) is 0.250. The fourth-order valence-corrected chi connectivity index (χ4v) is 1.62. The highest BCUT2D eigenvalue weighted by Crippen LogP contribution is 2.30. The molecule has 1 aliphatic heterocycles. The summed E-state index contributed by atoms with van der Waals surface area (Å²) in [6.45, 7) is 0.373. The minimum Gasteiger partial charge on any atom is -0.515 e. The van der Waals surface area contributed by atoms with Crippen molar-refractivity contribution in [1.82, 2.24) is 0 Å². The molecule has 0 spiro atoms. The molecule has 0 radical (unpaired) electrons. The predicted octanol–water partition coefficient (Wildman–Crippen LogP) is 2.10. The molecule has 0 saturated heterocycles. The molecule has 0 atom stereocenters. The molecule has 4 heteroatoms. The highest BCUT2D eigenvalue weighted by atomic mass is 16.5. The first kappa shape index (κ1) is 10.5. The molecule has 4 nitrogen and oxygen atoms in total. The Morgan fingerprint density at radius 1 is 1.50 bits per heavy atom. The van der Waals surface area contributed by atoms with Crippen molar-refractivity contribution in [3.05, 3.63) is 35.6 Å². The Morgan fingerprint density at radius 2 is 2.31 bits per heavy atom. The molecular weight excluding hydrogens is 208 g/mol. The maximum Gasteiger partial charge on any atom is 0.195 e. The van der Waals surface area contributed by atoms with Gasteiger partial charge in [-0.3, -0.25) is 4.79 Å². The molecule has 0 fully saturated rings. The van der Waals surface area contributed by atoms with E-state index in [-0.39, 0.29) is 5.78 Å². The maximum absolute atomic E-state index is 11.9. The van der Waals surface area contributed by atoms with E-state index in [0.717, 1.165) is 6.26 Å². The average Bonchev–Trinajstić information content (AvgIpc) is 2.48. The van der Waals surface area contributed by atoms with Crippen molar-refractivity contribution in [2.75, 3.05) is 13.7 Å². The van der Waals surface area contributed by atoms with Gasteiger partial charge in [-0.05, 0) is 12.1 Å². The third-order valence-corrected chi connectivity index (χ3v) is 2.51. The Balaban J connectivity index is 2.47. The summed E-state index contributed by atoms with van der Waals surface area (Å²) in [7, 11) is 1.55. The van der Waals surface area contributed by atoms with Crippen LogP contribution in [0, 0.1) is 0 Å². The number of rotatable bonds is 1. The van der Waals surface area contributed by atoms with Gasteiger partial charge in [-0.25, -0.2) is 0 Å². The van der Waals surface area contributed by atoms with Crippen LogP contribution in [0.4, 0.5) is 0 Å². The number of benzene rings is 1. The highest BCUT2D eigenvalue weighted by Gasteiger charge is 2.21. The number of Topliss-reactive ketones (excluding diaryl/α,β-unsaturated/α-hetero) is 1. The Labute approximate surface area is 93.1 Å². The summed E-state index contributed by atoms with van der Waals surface area (Å²) in [5.74, 6) is 0.946. The van der Waals surface area contributed by atoms with Crippen LogP contribution in [0.1, 0.15) is 16.8 Å². The molecule has 1 N–H and O–H groups in total. The normalized spacial score (nSPS) is 17.6. The summed E-state index contributed by atoms with van der Waals surface area (Å²) in [6, 6.07) is 5.01. The number of carbonyl (C=O) groups is 1. The first-order valence-electron chi connectivity index (χ1n) is 4.95. The van der Waals surface area contributed by atoms with Crippen LogP contribution in [0.2, 0.25) is 0 Å². The zero-order valence-corrected chi connectivity index (χ0v) is 8.90. The summed E-state index contributed by atoms with van der Waals surface area (Å²) in [5, 5.41) is 8.95. The van der Waals surface area contributed by atoms with E-state index in [4.69, 9.17) is 14.6 Å². The Hall–Kier alpha value is -1.97. The summed E-state index contributed by atoms with van der Waals surface area (Å²) < 4.78 is 10.5. The Kier molecular flexibility index (Phi) is 2.81. The van der Waals surface area contributed by atoms with E-state index in [1.54, 1.807) is 25.3 Å². The first-order valence-corrected chi connectivity index (χ1v) is 4.95. The molecule has 0 saturated carbocycles. The molecule has 1 heterocycles. The largest absolute Gasteiger partial charge is 0.515 e. The van der Waals surface area contributed by atoms with E-state index in [0.29, 0.717) is 35.7 Å². The summed E-state index contributed by atoms with van der Waals surface area (Å²) >= 11 is 0. The zero-order chi connectivity index (χ0) is 11.5. The predicted molar refractivity (Wildman–Crippen MR) is 58.1 cm³/mol. The number of methoxy groups -OCH3 is 1. The topological polar surface area (TPSA) is 55.8 Å². The molecule has 84 valence electrons. The van der Waals surface area contributed by atoms with Crippen LogP contribution in [-0.2, 0) is 0 Å².